The molecule has 1 radical (unpaired) electrons. The molecule has 1 rings (SSSR count). The Balaban J connectivity index is 3.09. The van der Waals surface area contributed by atoms with Crippen molar-refractivity contribution in [2.75, 3.05) is 19.8 Å². The van der Waals surface area contributed by atoms with Crippen LogP contribution in [0, 0.1) is 6.07 Å². The molecule has 0 heterocycles. The predicted molar refractivity (Wildman–Crippen MR) is 78.2 cm³/mol. The summed E-state index contributed by atoms with van der Waals surface area (Å²) in [6.45, 7) is 4.96. The lowest BCUT2D eigenvalue weighted by Gasteiger charge is -2.13. The molecule has 0 fully saturated rings. The van der Waals surface area contributed by atoms with Crippen LogP contribution in [0.15, 0.2) is 12.1 Å². The van der Waals surface area contributed by atoms with Crippen molar-refractivity contribution in [2.24, 2.45) is 0 Å². The molecule has 0 N–H and O–H groups in total. The Morgan fingerprint density at radius 3 is 1.88 bits per heavy atom. The van der Waals surface area contributed by atoms with Crippen molar-refractivity contribution < 1.29 is 42.8 Å². The van der Waals surface area contributed by atoms with Crippen molar-refractivity contribution in [1.82, 2.24) is 0 Å². The van der Waals surface area contributed by atoms with Crippen LogP contribution in [0.3, 0.4) is 0 Å². The van der Waals surface area contributed by atoms with Crippen LogP contribution in [0.25, 0.3) is 0 Å². The molecule has 0 amide bonds. The molecule has 24 heavy (non-hydrogen) atoms. The zero-order valence-electron chi connectivity index (χ0n) is 13.5. The maximum Gasteiger partial charge on any atom is 0.514 e. The van der Waals surface area contributed by atoms with Crippen LogP contribution in [-0.2, 0) is 14.2 Å². The molecule has 0 saturated heterocycles. The largest absolute Gasteiger partial charge is 0.514 e. The Hall–Kier alpha value is -2.97. The lowest BCUT2D eigenvalue weighted by atomic mass is 10.3. The third-order valence-corrected chi connectivity index (χ3v) is 2.23. The number of ether oxygens (including phenoxy) is 6. The van der Waals surface area contributed by atoms with Gasteiger partial charge in [0.1, 0.15) is 0 Å². The Labute approximate surface area is 138 Å². The molecule has 0 unspecified atom stereocenters. The summed E-state index contributed by atoms with van der Waals surface area (Å²) < 4.78 is 28.6. The summed E-state index contributed by atoms with van der Waals surface area (Å²) in [4.78, 5) is 34.4. The molecule has 9 nitrogen and oxygen atoms in total. The Morgan fingerprint density at radius 2 is 1.33 bits per heavy atom. The van der Waals surface area contributed by atoms with E-state index in [4.69, 9.17) is 14.2 Å². The van der Waals surface area contributed by atoms with Gasteiger partial charge in [0.2, 0.25) is 5.75 Å². The topological polar surface area (TPSA) is 107 Å². The quantitative estimate of drug-likeness (QED) is 0.438. The second-order valence-electron chi connectivity index (χ2n) is 3.86. The molecule has 0 aliphatic carbocycles. The first-order valence-corrected chi connectivity index (χ1v) is 7.10. The van der Waals surface area contributed by atoms with E-state index in [9.17, 15) is 14.4 Å². The number of carbonyl (C=O) groups excluding carboxylic acids is 3. The fraction of sp³-hybridized carbons (Fsp3) is 0.400. The third kappa shape index (κ3) is 6.03. The molecule has 9 heteroatoms. The molecule has 0 aromatic heterocycles. The zero-order valence-corrected chi connectivity index (χ0v) is 13.5. The van der Waals surface area contributed by atoms with Gasteiger partial charge in [-0.05, 0) is 32.9 Å². The second-order valence-corrected chi connectivity index (χ2v) is 3.86. The van der Waals surface area contributed by atoms with Crippen molar-refractivity contribution in [3.05, 3.63) is 18.2 Å². The summed E-state index contributed by atoms with van der Waals surface area (Å²) in [5.41, 5.74) is 0. The van der Waals surface area contributed by atoms with Gasteiger partial charge in [-0.15, -0.1) is 0 Å². The van der Waals surface area contributed by atoms with Gasteiger partial charge in [0.25, 0.3) is 0 Å². The van der Waals surface area contributed by atoms with Crippen molar-refractivity contribution in [3.8, 4) is 17.2 Å². The van der Waals surface area contributed by atoms with Gasteiger partial charge >= 0.3 is 18.5 Å². The van der Waals surface area contributed by atoms with Gasteiger partial charge in [0.05, 0.1) is 19.8 Å². The molecule has 0 aliphatic heterocycles. The molecule has 0 aliphatic rings. The van der Waals surface area contributed by atoms with Crippen molar-refractivity contribution in [3.63, 3.8) is 0 Å². The zero-order chi connectivity index (χ0) is 17.9. The molecular weight excluding hydrogens is 324 g/mol. The van der Waals surface area contributed by atoms with Gasteiger partial charge in [-0.3, -0.25) is 0 Å². The Bertz CT molecular complexity index is 544. The first-order valence-electron chi connectivity index (χ1n) is 7.10. The van der Waals surface area contributed by atoms with Crippen LogP contribution in [0.2, 0.25) is 0 Å². The van der Waals surface area contributed by atoms with E-state index in [1.54, 1.807) is 20.8 Å². The minimum absolute atomic E-state index is 0.0531. The summed E-state index contributed by atoms with van der Waals surface area (Å²) in [5.74, 6) is -0.917. The van der Waals surface area contributed by atoms with Crippen molar-refractivity contribution in [1.29, 1.82) is 0 Å². The summed E-state index contributed by atoms with van der Waals surface area (Å²) in [6, 6.07) is 5.09. The highest BCUT2D eigenvalue weighted by Crippen LogP contribution is 2.37. The molecule has 131 valence electrons. The van der Waals surface area contributed by atoms with Gasteiger partial charge in [0.15, 0.2) is 11.5 Å². The minimum atomic E-state index is -1.08. The van der Waals surface area contributed by atoms with Crippen LogP contribution in [0.4, 0.5) is 14.4 Å². The standard InChI is InChI=1S/C15H17O9/c1-4-19-13(16)22-10-8-7-9-11(23-14(17)20-5-2)12(10)24-15(18)21-6-3/h7-8H,4-6H2,1-3H3. The molecule has 0 spiro atoms. The van der Waals surface area contributed by atoms with E-state index in [0.717, 1.165) is 0 Å². The monoisotopic (exact) mass is 341 g/mol. The van der Waals surface area contributed by atoms with E-state index in [1.165, 1.54) is 12.1 Å². The maximum atomic E-state index is 11.5. The van der Waals surface area contributed by atoms with Gasteiger partial charge in [-0.2, -0.15) is 0 Å². The Morgan fingerprint density at radius 1 is 0.833 bits per heavy atom. The third-order valence-electron chi connectivity index (χ3n) is 2.23. The van der Waals surface area contributed by atoms with Crippen LogP contribution < -0.4 is 14.2 Å². The van der Waals surface area contributed by atoms with Gasteiger partial charge in [0, 0.05) is 6.07 Å². The van der Waals surface area contributed by atoms with E-state index in [1.807, 2.05) is 0 Å². The first kappa shape index (κ1) is 19.1. The van der Waals surface area contributed by atoms with E-state index in [-0.39, 0.29) is 37.1 Å². The van der Waals surface area contributed by atoms with Crippen LogP contribution in [0.1, 0.15) is 20.8 Å². The molecule has 0 saturated carbocycles. The smallest absolute Gasteiger partial charge is 0.434 e. The highest BCUT2D eigenvalue weighted by molar-refractivity contribution is 5.73. The predicted octanol–water partition coefficient (Wildman–Crippen LogP) is 3.09. The number of benzene rings is 1. The first-order chi connectivity index (χ1) is 11.5. The van der Waals surface area contributed by atoms with Gasteiger partial charge in [-0.25, -0.2) is 14.4 Å². The van der Waals surface area contributed by atoms with E-state index in [2.05, 4.69) is 20.3 Å². The Kier molecular flexibility index (Phi) is 7.89. The highest BCUT2D eigenvalue weighted by Gasteiger charge is 2.22. The van der Waals surface area contributed by atoms with Crippen molar-refractivity contribution >= 4 is 18.5 Å². The van der Waals surface area contributed by atoms with E-state index >= 15 is 0 Å². The molecule has 0 bridgehead atoms. The summed E-state index contributed by atoms with van der Waals surface area (Å²) in [5, 5.41) is 0. The molecule has 0 atom stereocenters. The summed E-state index contributed by atoms with van der Waals surface area (Å²) in [6.07, 6.45) is -3.16. The van der Waals surface area contributed by atoms with Gasteiger partial charge in [-0.1, -0.05) is 0 Å². The summed E-state index contributed by atoms with van der Waals surface area (Å²) in [7, 11) is 0. The van der Waals surface area contributed by atoms with Crippen molar-refractivity contribution in [2.45, 2.75) is 20.8 Å². The number of rotatable bonds is 6. The fourth-order valence-corrected chi connectivity index (χ4v) is 1.40. The average molecular weight is 341 g/mol. The normalized spacial score (nSPS) is 9.62. The van der Waals surface area contributed by atoms with Crippen LogP contribution >= 0.6 is 0 Å². The van der Waals surface area contributed by atoms with Crippen LogP contribution in [-0.4, -0.2) is 38.3 Å². The highest BCUT2D eigenvalue weighted by atomic mass is 16.8. The number of carbonyl (C=O) groups is 3. The number of hydrogen-bond donors (Lipinski definition) is 0. The number of hydrogen-bond acceptors (Lipinski definition) is 9. The molecule has 1 aromatic carbocycles. The van der Waals surface area contributed by atoms with E-state index in [0.29, 0.717) is 0 Å². The SMILES string of the molecule is CCOC(=O)Oc1[c]ccc(OC(=O)OCC)c1OC(=O)OCC. The van der Waals surface area contributed by atoms with E-state index < -0.39 is 18.5 Å². The second kappa shape index (κ2) is 9.93. The maximum absolute atomic E-state index is 11.5. The fourth-order valence-electron chi connectivity index (χ4n) is 1.40. The molecule has 1 aromatic rings. The minimum Gasteiger partial charge on any atom is -0.434 e. The summed E-state index contributed by atoms with van der Waals surface area (Å²) >= 11 is 0. The lowest BCUT2D eigenvalue weighted by molar-refractivity contribution is 0.0887. The van der Waals surface area contributed by atoms with Gasteiger partial charge < -0.3 is 28.4 Å². The lowest BCUT2D eigenvalue weighted by Crippen LogP contribution is -2.16. The molecular formula is C15H17O9. The van der Waals surface area contributed by atoms with Crippen LogP contribution in [0.5, 0.6) is 17.2 Å². The average Bonchev–Trinajstić information content (AvgIpc) is 2.51.